The summed E-state index contributed by atoms with van der Waals surface area (Å²) in [6, 6.07) is 16.2. The second kappa shape index (κ2) is 10.3. The van der Waals surface area contributed by atoms with Crippen molar-refractivity contribution in [3.63, 3.8) is 0 Å². The van der Waals surface area contributed by atoms with Crippen molar-refractivity contribution in [3.05, 3.63) is 77.7 Å². The van der Waals surface area contributed by atoms with E-state index in [2.05, 4.69) is 67.5 Å². The van der Waals surface area contributed by atoms with Gasteiger partial charge in [0.2, 0.25) is 5.95 Å². The number of halogens is 1. The Balaban J connectivity index is 1.40. The van der Waals surface area contributed by atoms with E-state index >= 15 is 0 Å². The number of likely N-dealkylation sites (N-methyl/N-ethyl adjacent to an activating group) is 2. The van der Waals surface area contributed by atoms with Gasteiger partial charge in [-0.1, -0.05) is 36.7 Å². The van der Waals surface area contributed by atoms with Crippen molar-refractivity contribution in [2.75, 3.05) is 41.7 Å². The monoisotopic (exact) mass is 488 g/mol. The van der Waals surface area contributed by atoms with Crippen molar-refractivity contribution < 1.29 is 0 Å². The average Bonchev–Trinajstić information content (AvgIpc) is 3.35. The third-order valence-electron chi connectivity index (χ3n) is 6.24. The SMILES string of the molecule is CCN1CCN(CC)c2cc(Nc3ncc(Cl)c(Nc4ccccc4-n4cccn4)n3)ccc2C1. The van der Waals surface area contributed by atoms with E-state index in [1.54, 1.807) is 17.1 Å². The Kier molecular flexibility index (Phi) is 6.83. The van der Waals surface area contributed by atoms with E-state index in [9.17, 15) is 0 Å². The van der Waals surface area contributed by atoms with Crippen LogP contribution in [0.5, 0.6) is 0 Å². The van der Waals surface area contributed by atoms with Crippen LogP contribution in [0.4, 0.5) is 28.8 Å². The van der Waals surface area contributed by atoms with Crippen LogP contribution in [0, 0.1) is 0 Å². The van der Waals surface area contributed by atoms with E-state index in [0.717, 1.165) is 49.8 Å². The first-order chi connectivity index (χ1) is 17.1. The van der Waals surface area contributed by atoms with Gasteiger partial charge in [-0.3, -0.25) is 4.90 Å². The molecule has 2 N–H and O–H groups in total. The zero-order valence-electron chi connectivity index (χ0n) is 19.9. The molecule has 2 aromatic carbocycles. The van der Waals surface area contributed by atoms with Gasteiger partial charge in [-0.25, -0.2) is 9.67 Å². The van der Waals surface area contributed by atoms with Gasteiger partial charge in [-0.15, -0.1) is 0 Å². The van der Waals surface area contributed by atoms with Gasteiger partial charge in [0.15, 0.2) is 5.82 Å². The quantitative estimate of drug-likeness (QED) is 0.357. The summed E-state index contributed by atoms with van der Waals surface area (Å²) in [5, 5.41) is 11.5. The fraction of sp³-hybridized carbons (Fsp3) is 0.269. The molecule has 4 aromatic rings. The standard InChI is InChI=1S/C26H29ClN8/c1-3-33-14-15-34(4-2)24-16-20(11-10-19(24)18-33)30-26-28-17-21(27)25(32-26)31-22-8-5-6-9-23(22)35-13-7-12-29-35/h5-13,16-17H,3-4,14-15,18H2,1-2H3,(H2,28,30,31,32). The van der Waals surface area contributed by atoms with Crippen LogP contribution in [0.3, 0.4) is 0 Å². The maximum Gasteiger partial charge on any atom is 0.229 e. The highest BCUT2D eigenvalue weighted by Gasteiger charge is 2.19. The third kappa shape index (κ3) is 5.08. The summed E-state index contributed by atoms with van der Waals surface area (Å²) in [4.78, 5) is 14.0. The van der Waals surface area contributed by atoms with E-state index in [1.807, 2.05) is 36.5 Å². The fourth-order valence-corrected chi connectivity index (χ4v) is 4.47. The van der Waals surface area contributed by atoms with Crippen LogP contribution in [0.2, 0.25) is 5.02 Å². The highest BCUT2D eigenvalue weighted by molar-refractivity contribution is 6.33. The van der Waals surface area contributed by atoms with Crippen molar-refractivity contribution in [3.8, 4) is 5.69 Å². The number of aromatic nitrogens is 4. The Labute approximate surface area is 210 Å². The van der Waals surface area contributed by atoms with Crippen LogP contribution in [-0.2, 0) is 6.54 Å². The highest BCUT2D eigenvalue weighted by Crippen LogP contribution is 2.31. The number of hydrogen-bond donors (Lipinski definition) is 2. The lowest BCUT2D eigenvalue weighted by atomic mass is 10.1. The highest BCUT2D eigenvalue weighted by atomic mass is 35.5. The van der Waals surface area contributed by atoms with E-state index in [1.165, 1.54) is 11.3 Å². The molecule has 8 nitrogen and oxygen atoms in total. The molecule has 5 rings (SSSR count). The van der Waals surface area contributed by atoms with Gasteiger partial charge in [-0.05, 0) is 49.4 Å². The van der Waals surface area contributed by atoms with Crippen LogP contribution in [0.25, 0.3) is 5.69 Å². The molecule has 0 aliphatic carbocycles. The summed E-state index contributed by atoms with van der Waals surface area (Å²) in [6.45, 7) is 9.48. The minimum Gasteiger partial charge on any atom is -0.370 e. The number of nitrogens with one attached hydrogen (secondary N) is 2. The predicted octanol–water partition coefficient (Wildman–Crippen LogP) is 5.46. The van der Waals surface area contributed by atoms with E-state index in [-0.39, 0.29) is 0 Å². The van der Waals surface area contributed by atoms with Crippen molar-refractivity contribution in [2.45, 2.75) is 20.4 Å². The first kappa shape index (κ1) is 23.1. The molecule has 2 aromatic heterocycles. The normalized spacial score (nSPS) is 13.9. The first-order valence-corrected chi connectivity index (χ1v) is 12.3. The second-order valence-corrected chi connectivity index (χ2v) is 8.81. The molecule has 9 heteroatoms. The molecule has 0 radical (unpaired) electrons. The Bertz CT molecular complexity index is 1290. The zero-order valence-corrected chi connectivity index (χ0v) is 20.7. The Morgan fingerprint density at radius 1 is 0.971 bits per heavy atom. The summed E-state index contributed by atoms with van der Waals surface area (Å²) in [6.07, 6.45) is 5.25. The molecule has 0 fully saturated rings. The lowest BCUT2D eigenvalue weighted by Crippen LogP contribution is -2.31. The van der Waals surface area contributed by atoms with E-state index in [0.29, 0.717) is 16.8 Å². The van der Waals surface area contributed by atoms with Crippen molar-refractivity contribution >= 4 is 40.4 Å². The molecule has 180 valence electrons. The van der Waals surface area contributed by atoms with Crippen molar-refractivity contribution in [1.29, 1.82) is 0 Å². The molecular weight excluding hydrogens is 460 g/mol. The van der Waals surface area contributed by atoms with Crippen LogP contribution in [0.15, 0.2) is 67.1 Å². The maximum atomic E-state index is 6.46. The summed E-state index contributed by atoms with van der Waals surface area (Å²) in [5.41, 5.74) is 5.28. The maximum absolute atomic E-state index is 6.46. The van der Waals surface area contributed by atoms with Gasteiger partial charge in [-0.2, -0.15) is 10.1 Å². The van der Waals surface area contributed by atoms with Gasteiger partial charge in [0.1, 0.15) is 5.02 Å². The molecule has 0 unspecified atom stereocenters. The Morgan fingerprint density at radius 3 is 2.66 bits per heavy atom. The van der Waals surface area contributed by atoms with Crippen LogP contribution in [0.1, 0.15) is 19.4 Å². The number of benzene rings is 2. The van der Waals surface area contributed by atoms with Crippen LogP contribution < -0.4 is 15.5 Å². The van der Waals surface area contributed by atoms with Gasteiger partial charge in [0.05, 0.1) is 17.6 Å². The Hall–Kier alpha value is -3.62. The molecule has 1 aliphatic heterocycles. The largest absolute Gasteiger partial charge is 0.370 e. The second-order valence-electron chi connectivity index (χ2n) is 8.40. The summed E-state index contributed by atoms with van der Waals surface area (Å²) in [7, 11) is 0. The predicted molar refractivity (Wildman–Crippen MR) is 142 cm³/mol. The number of hydrogen-bond acceptors (Lipinski definition) is 7. The molecule has 1 aliphatic rings. The van der Waals surface area contributed by atoms with Crippen LogP contribution >= 0.6 is 11.6 Å². The van der Waals surface area contributed by atoms with Gasteiger partial charge >= 0.3 is 0 Å². The number of nitrogens with zero attached hydrogens (tertiary/aromatic N) is 6. The van der Waals surface area contributed by atoms with Crippen molar-refractivity contribution in [1.82, 2.24) is 24.6 Å². The smallest absolute Gasteiger partial charge is 0.229 e. The molecule has 0 spiro atoms. The molecule has 35 heavy (non-hydrogen) atoms. The number of para-hydroxylation sites is 2. The fourth-order valence-electron chi connectivity index (χ4n) is 4.33. The molecule has 0 amide bonds. The summed E-state index contributed by atoms with van der Waals surface area (Å²) < 4.78 is 1.80. The molecular formula is C26H29ClN8. The van der Waals surface area contributed by atoms with Gasteiger partial charge in [0, 0.05) is 49.9 Å². The third-order valence-corrected chi connectivity index (χ3v) is 6.52. The molecule has 0 bridgehead atoms. The average molecular weight is 489 g/mol. The zero-order chi connectivity index (χ0) is 24.2. The summed E-state index contributed by atoms with van der Waals surface area (Å²) in [5.74, 6) is 0.993. The number of fused-ring (bicyclic) bond motifs is 1. The number of rotatable bonds is 7. The van der Waals surface area contributed by atoms with Crippen LogP contribution in [-0.4, -0.2) is 50.8 Å². The minimum atomic E-state index is 0.435. The summed E-state index contributed by atoms with van der Waals surface area (Å²) >= 11 is 6.46. The lowest BCUT2D eigenvalue weighted by molar-refractivity contribution is 0.293. The first-order valence-electron chi connectivity index (χ1n) is 11.9. The minimum absolute atomic E-state index is 0.435. The van der Waals surface area contributed by atoms with Crippen molar-refractivity contribution in [2.24, 2.45) is 0 Å². The van der Waals surface area contributed by atoms with Gasteiger partial charge in [0.25, 0.3) is 0 Å². The van der Waals surface area contributed by atoms with Gasteiger partial charge < -0.3 is 15.5 Å². The van der Waals surface area contributed by atoms with E-state index in [4.69, 9.17) is 11.6 Å². The molecule has 0 atom stereocenters. The molecule has 0 saturated heterocycles. The topological polar surface area (TPSA) is 74.1 Å². The van der Waals surface area contributed by atoms with E-state index < -0.39 is 0 Å². The Morgan fingerprint density at radius 2 is 1.86 bits per heavy atom. The molecule has 3 heterocycles. The number of anilines is 5. The lowest BCUT2D eigenvalue weighted by Gasteiger charge is -2.23. The molecule has 0 saturated carbocycles.